The number of benzene rings is 1. The van der Waals surface area contributed by atoms with Crippen LogP contribution in [0.15, 0.2) is 30.3 Å². The summed E-state index contributed by atoms with van der Waals surface area (Å²) in [4.78, 5) is 2.27. The highest BCUT2D eigenvalue weighted by molar-refractivity contribution is 5.45. The Morgan fingerprint density at radius 1 is 1.12 bits per heavy atom. The Hall–Kier alpha value is -1.02. The monoisotopic (exact) mass is 233 g/mol. The largest absolute Gasteiger partial charge is 0.361 e. The third kappa shape index (κ3) is 3.01. The zero-order valence-corrected chi connectivity index (χ0v) is 10.9. The SMILES string of the molecule is COC(C1CCCCC1)N(C)c1ccccc1. The summed E-state index contributed by atoms with van der Waals surface area (Å²) in [5.74, 6) is 0.680. The molecule has 0 spiro atoms. The van der Waals surface area contributed by atoms with Crippen molar-refractivity contribution in [2.75, 3.05) is 19.1 Å². The van der Waals surface area contributed by atoms with Gasteiger partial charge in [-0.1, -0.05) is 37.5 Å². The van der Waals surface area contributed by atoms with Gasteiger partial charge in [-0.2, -0.15) is 0 Å². The number of hydrogen-bond acceptors (Lipinski definition) is 2. The van der Waals surface area contributed by atoms with Crippen LogP contribution in [0.25, 0.3) is 0 Å². The minimum atomic E-state index is 0.220. The molecule has 1 aromatic carbocycles. The molecule has 1 aliphatic carbocycles. The average Bonchev–Trinajstić information content (AvgIpc) is 2.42. The molecule has 17 heavy (non-hydrogen) atoms. The van der Waals surface area contributed by atoms with Gasteiger partial charge in [0.05, 0.1) is 0 Å². The molecule has 0 bridgehead atoms. The van der Waals surface area contributed by atoms with Crippen LogP contribution in [-0.2, 0) is 4.74 Å². The van der Waals surface area contributed by atoms with Crippen molar-refractivity contribution in [2.45, 2.75) is 38.3 Å². The van der Waals surface area contributed by atoms with Gasteiger partial charge in [0, 0.05) is 25.8 Å². The van der Waals surface area contributed by atoms with E-state index < -0.39 is 0 Å². The number of rotatable bonds is 4. The fourth-order valence-electron chi connectivity index (χ4n) is 2.90. The van der Waals surface area contributed by atoms with Crippen LogP contribution in [0.4, 0.5) is 5.69 Å². The third-order valence-corrected chi connectivity index (χ3v) is 3.84. The fraction of sp³-hybridized carbons (Fsp3) is 0.600. The van der Waals surface area contributed by atoms with Crippen LogP contribution in [-0.4, -0.2) is 20.4 Å². The Kier molecular flexibility index (Phi) is 4.43. The van der Waals surface area contributed by atoms with Gasteiger partial charge in [0.1, 0.15) is 6.23 Å². The molecule has 1 unspecified atom stereocenters. The molecule has 2 nitrogen and oxygen atoms in total. The van der Waals surface area contributed by atoms with E-state index >= 15 is 0 Å². The van der Waals surface area contributed by atoms with Gasteiger partial charge in [0.2, 0.25) is 0 Å². The Balaban J connectivity index is 2.06. The predicted octanol–water partition coefficient (Wildman–Crippen LogP) is 3.68. The molecule has 94 valence electrons. The summed E-state index contributed by atoms with van der Waals surface area (Å²) < 4.78 is 5.73. The summed E-state index contributed by atoms with van der Waals surface area (Å²) >= 11 is 0. The van der Waals surface area contributed by atoms with Crippen LogP contribution in [0.2, 0.25) is 0 Å². The second kappa shape index (κ2) is 6.06. The second-order valence-corrected chi connectivity index (χ2v) is 4.97. The lowest BCUT2D eigenvalue weighted by Gasteiger charge is -2.36. The summed E-state index contributed by atoms with van der Waals surface area (Å²) in [5.41, 5.74) is 1.24. The van der Waals surface area contributed by atoms with E-state index in [0.29, 0.717) is 5.92 Å². The standard InChI is InChI=1S/C15H23NO/c1-16(14-11-7-4-8-12-14)15(17-2)13-9-5-3-6-10-13/h4,7-8,11-13,15H,3,5-6,9-10H2,1-2H3. The molecule has 0 N–H and O–H groups in total. The predicted molar refractivity (Wildman–Crippen MR) is 72.2 cm³/mol. The molecular formula is C15H23NO. The lowest BCUT2D eigenvalue weighted by Crippen LogP contribution is -2.40. The summed E-state index contributed by atoms with van der Waals surface area (Å²) in [7, 11) is 3.97. The topological polar surface area (TPSA) is 12.5 Å². The van der Waals surface area contributed by atoms with Crippen LogP contribution in [0.5, 0.6) is 0 Å². The van der Waals surface area contributed by atoms with Gasteiger partial charge in [0.15, 0.2) is 0 Å². The van der Waals surface area contributed by atoms with E-state index in [-0.39, 0.29) is 6.23 Å². The highest BCUT2D eigenvalue weighted by Gasteiger charge is 2.26. The van der Waals surface area contributed by atoms with Crippen LogP contribution < -0.4 is 4.90 Å². The minimum Gasteiger partial charge on any atom is -0.361 e. The molecule has 0 aliphatic heterocycles. The van der Waals surface area contributed by atoms with Crippen molar-refractivity contribution in [3.05, 3.63) is 30.3 Å². The summed E-state index contributed by atoms with van der Waals surface area (Å²) in [6, 6.07) is 10.5. The highest BCUT2D eigenvalue weighted by atomic mass is 16.5. The third-order valence-electron chi connectivity index (χ3n) is 3.84. The van der Waals surface area contributed by atoms with Crippen molar-refractivity contribution in [3.63, 3.8) is 0 Å². The molecule has 2 heteroatoms. The van der Waals surface area contributed by atoms with Crippen LogP contribution in [0.3, 0.4) is 0 Å². The van der Waals surface area contributed by atoms with Gasteiger partial charge in [-0.25, -0.2) is 0 Å². The van der Waals surface area contributed by atoms with Gasteiger partial charge < -0.3 is 9.64 Å². The zero-order chi connectivity index (χ0) is 12.1. The first-order valence-corrected chi connectivity index (χ1v) is 6.63. The molecule has 0 radical (unpaired) electrons. The smallest absolute Gasteiger partial charge is 0.132 e. The molecule has 1 aliphatic rings. The lowest BCUT2D eigenvalue weighted by atomic mass is 9.87. The average molecular weight is 233 g/mol. The molecule has 0 amide bonds. The molecule has 1 aromatic rings. The zero-order valence-electron chi connectivity index (χ0n) is 10.9. The Morgan fingerprint density at radius 2 is 1.76 bits per heavy atom. The number of para-hydroxylation sites is 1. The summed E-state index contributed by atoms with van der Waals surface area (Å²) in [6.07, 6.45) is 6.92. The maximum absolute atomic E-state index is 5.73. The van der Waals surface area contributed by atoms with Gasteiger partial charge >= 0.3 is 0 Å². The van der Waals surface area contributed by atoms with Gasteiger partial charge in [0.25, 0.3) is 0 Å². The lowest BCUT2D eigenvalue weighted by molar-refractivity contribution is 0.0376. The van der Waals surface area contributed by atoms with Crippen LogP contribution >= 0.6 is 0 Å². The highest BCUT2D eigenvalue weighted by Crippen LogP contribution is 2.30. The Labute approximate surface area is 105 Å². The first-order chi connectivity index (χ1) is 8.33. The number of hydrogen-bond donors (Lipinski definition) is 0. The van der Waals surface area contributed by atoms with Crippen molar-refractivity contribution in [2.24, 2.45) is 5.92 Å². The maximum atomic E-state index is 5.73. The molecule has 1 atom stereocenters. The number of anilines is 1. The molecule has 0 heterocycles. The first kappa shape index (κ1) is 12.4. The first-order valence-electron chi connectivity index (χ1n) is 6.63. The van der Waals surface area contributed by atoms with E-state index in [1.54, 1.807) is 0 Å². The van der Waals surface area contributed by atoms with E-state index in [1.807, 2.05) is 7.11 Å². The van der Waals surface area contributed by atoms with Crippen LogP contribution in [0.1, 0.15) is 32.1 Å². The minimum absolute atomic E-state index is 0.220. The molecule has 0 aromatic heterocycles. The van der Waals surface area contributed by atoms with Crippen molar-refractivity contribution in [1.29, 1.82) is 0 Å². The molecule has 1 saturated carbocycles. The summed E-state index contributed by atoms with van der Waals surface area (Å²) in [6.45, 7) is 0. The van der Waals surface area contributed by atoms with Crippen LogP contribution in [0, 0.1) is 5.92 Å². The molecule has 2 rings (SSSR count). The van der Waals surface area contributed by atoms with E-state index in [2.05, 4.69) is 42.3 Å². The summed E-state index contributed by atoms with van der Waals surface area (Å²) in [5, 5.41) is 0. The molecule has 1 fully saturated rings. The van der Waals surface area contributed by atoms with Gasteiger partial charge in [-0.3, -0.25) is 0 Å². The van der Waals surface area contributed by atoms with E-state index in [4.69, 9.17) is 4.74 Å². The van der Waals surface area contributed by atoms with E-state index in [1.165, 1.54) is 37.8 Å². The number of methoxy groups -OCH3 is 1. The van der Waals surface area contributed by atoms with Gasteiger partial charge in [-0.15, -0.1) is 0 Å². The maximum Gasteiger partial charge on any atom is 0.132 e. The van der Waals surface area contributed by atoms with Crippen molar-refractivity contribution < 1.29 is 4.74 Å². The molecule has 0 saturated heterocycles. The molecular weight excluding hydrogens is 210 g/mol. The van der Waals surface area contributed by atoms with Crippen molar-refractivity contribution in [1.82, 2.24) is 0 Å². The van der Waals surface area contributed by atoms with Crippen molar-refractivity contribution >= 4 is 5.69 Å². The van der Waals surface area contributed by atoms with E-state index in [0.717, 1.165) is 0 Å². The number of ether oxygens (including phenoxy) is 1. The Bertz CT molecular complexity index is 319. The second-order valence-electron chi connectivity index (χ2n) is 4.97. The fourth-order valence-corrected chi connectivity index (χ4v) is 2.90. The quantitative estimate of drug-likeness (QED) is 0.736. The van der Waals surface area contributed by atoms with E-state index in [9.17, 15) is 0 Å². The van der Waals surface area contributed by atoms with Gasteiger partial charge in [-0.05, 0) is 25.0 Å². The normalized spacial score (nSPS) is 18.9. The van der Waals surface area contributed by atoms with Crippen molar-refractivity contribution in [3.8, 4) is 0 Å². The number of nitrogens with zero attached hydrogens (tertiary/aromatic N) is 1. The Morgan fingerprint density at radius 3 is 2.35 bits per heavy atom.